The lowest BCUT2D eigenvalue weighted by molar-refractivity contribution is -0.0685. The van der Waals surface area contributed by atoms with Crippen LogP contribution >= 0.6 is 0 Å². The van der Waals surface area contributed by atoms with E-state index in [4.69, 9.17) is 10.5 Å². The number of morpholine rings is 1. The van der Waals surface area contributed by atoms with Gasteiger partial charge < -0.3 is 15.4 Å². The molecule has 0 amide bonds. The summed E-state index contributed by atoms with van der Waals surface area (Å²) in [6.07, 6.45) is 4.87. The third-order valence-electron chi connectivity index (χ3n) is 4.83. The van der Waals surface area contributed by atoms with Crippen molar-refractivity contribution in [3.63, 3.8) is 0 Å². The first-order chi connectivity index (χ1) is 8.72. The Bertz CT molecular complexity index is 261. The molecule has 2 rings (SSSR count). The van der Waals surface area contributed by atoms with E-state index in [1.807, 2.05) is 0 Å². The summed E-state index contributed by atoms with van der Waals surface area (Å²) in [6, 6.07) is 0.561. The number of hydrogen-bond acceptors (Lipinski definition) is 4. The lowest BCUT2D eigenvalue weighted by atomic mass is 9.86. The van der Waals surface area contributed by atoms with Crippen molar-refractivity contribution >= 4 is 0 Å². The molecule has 0 spiro atoms. The fourth-order valence-corrected chi connectivity index (χ4v) is 3.54. The Hall–Kier alpha value is -0.160. The molecule has 18 heavy (non-hydrogen) atoms. The van der Waals surface area contributed by atoms with E-state index >= 15 is 0 Å². The van der Waals surface area contributed by atoms with E-state index in [0.717, 1.165) is 32.7 Å². The van der Waals surface area contributed by atoms with Crippen LogP contribution in [0.5, 0.6) is 0 Å². The first kappa shape index (κ1) is 14.3. The second-order valence-electron chi connectivity index (χ2n) is 5.92. The molecule has 0 aromatic carbocycles. The Balaban J connectivity index is 2.13. The van der Waals surface area contributed by atoms with Gasteiger partial charge >= 0.3 is 0 Å². The second kappa shape index (κ2) is 6.33. The lowest BCUT2D eigenvalue weighted by Crippen LogP contribution is -2.61. The minimum atomic E-state index is 0.217. The first-order valence-corrected chi connectivity index (χ1v) is 7.45. The summed E-state index contributed by atoms with van der Waals surface area (Å²) in [4.78, 5) is 5.12. The van der Waals surface area contributed by atoms with Gasteiger partial charge in [0.25, 0.3) is 0 Å². The van der Waals surface area contributed by atoms with Crippen LogP contribution in [-0.4, -0.2) is 67.8 Å². The average Bonchev–Trinajstić information content (AvgIpc) is 2.61. The maximum absolute atomic E-state index is 6.20. The third kappa shape index (κ3) is 2.87. The topological polar surface area (TPSA) is 41.7 Å². The van der Waals surface area contributed by atoms with Gasteiger partial charge in [-0.05, 0) is 45.8 Å². The smallest absolute Gasteiger partial charge is 0.0622 e. The van der Waals surface area contributed by atoms with Crippen LogP contribution in [0, 0.1) is 0 Å². The number of nitrogens with zero attached hydrogens (tertiary/aromatic N) is 2. The van der Waals surface area contributed by atoms with E-state index in [0.29, 0.717) is 6.04 Å². The lowest BCUT2D eigenvalue weighted by Gasteiger charge is -2.49. The maximum Gasteiger partial charge on any atom is 0.0622 e. The zero-order chi connectivity index (χ0) is 13.0. The van der Waals surface area contributed by atoms with Crippen molar-refractivity contribution < 1.29 is 4.74 Å². The van der Waals surface area contributed by atoms with Crippen molar-refractivity contribution in [2.24, 2.45) is 5.73 Å². The maximum atomic E-state index is 6.20. The second-order valence-corrected chi connectivity index (χ2v) is 5.92. The van der Waals surface area contributed by atoms with Crippen molar-refractivity contribution in [1.82, 2.24) is 9.80 Å². The van der Waals surface area contributed by atoms with Crippen molar-refractivity contribution in [1.29, 1.82) is 0 Å². The van der Waals surface area contributed by atoms with Crippen LogP contribution in [0.2, 0.25) is 0 Å². The molecular formula is C14H29N3O. The minimum absolute atomic E-state index is 0.217. The average molecular weight is 255 g/mol. The summed E-state index contributed by atoms with van der Waals surface area (Å²) < 4.78 is 5.64. The zero-order valence-corrected chi connectivity index (χ0v) is 12.0. The summed E-state index contributed by atoms with van der Waals surface area (Å²) in [5, 5.41) is 0. The molecule has 0 aromatic rings. The summed E-state index contributed by atoms with van der Waals surface area (Å²) in [6.45, 7) is 8.24. The highest BCUT2D eigenvalue weighted by Gasteiger charge is 2.40. The highest BCUT2D eigenvalue weighted by atomic mass is 16.5. The number of rotatable bonds is 3. The molecule has 2 N–H and O–H groups in total. The highest BCUT2D eigenvalue weighted by Crippen LogP contribution is 2.31. The largest absolute Gasteiger partial charge is 0.378 e. The van der Waals surface area contributed by atoms with Crippen LogP contribution in [-0.2, 0) is 4.74 Å². The van der Waals surface area contributed by atoms with Gasteiger partial charge in [0.05, 0.1) is 13.2 Å². The Morgan fingerprint density at radius 1 is 1.28 bits per heavy atom. The molecule has 106 valence electrons. The molecule has 2 aliphatic heterocycles. The quantitative estimate of drug-likeness (QED) is 0.814. The van der Waals surface area contributed by atoms with E-state index in [2.05, 4.69) is 23.8 Å². The Morgan fingerprint density at radius 2 is 2.11 bits per heavy atom. The van der Waals surface area contributed by atoms with Gasteiger partial charge in [0, 0.05) is 24.7 Å². The van der Waals surface area contributed by atoms with E-state index in [-0.39, 0.29) is 5.54 Å². The van der Waals surface area contributed by atoms with Gasteiger partial charge in [0.1, 0.15) is 0 Å². The molecule has 2 saturated heterocycles. The van der Waals surface area contributed by atoms with Crippen LogP contribution in [0.3, 0.4) is 0 Å². The molecule has 0 aromatic heterocycles. The zero-order valence-electron chi connectivity index (χ0n) is 12.0. The molecule has 0 saturated carbocycles. The van der Waals surface area contributed by atoms with Crippen molar-refractivity contribution in [2.75, 3.05) is 46.4 Å². The molecule has 0 aliphatic carbocycles. The predicted molar refractivity (Wildman–Crippen MR) is 74.7 cm³/mol. The molecule has 4 nitrogen and oxygen atoms in total. The van der Waals surface area contributed by atoms with Crippen LogP contribution in [0.15, 0.2) is 0 Å². The summed E-state index contributed by atoms with van der Waals surface area (Å²) in [7, 11) is 2.23. The fraction of sp³-hybridized carbons (Fsp3) is 1.00. The van der Waals surface area contributed by atoms with E-state index in [9.17, 15) is 0 Å². The summed E-state index contributed by atoms with van der Waals surface area (Å²) in [5.74, 6) is 0. The molecule has 2 atom stereocenters. The highest BCUT2D eigenvalue weighted by molar-refractivity contribution is 4.97. The first-order valence-electron chi connectivity index (χ1n) is 7.45. The van der Waals surface area contributed by atoms with Gasteiger partial charge in [-0.3, -0.25) is 4.90 Å². The van der Waals surface area contributed by atoms with Gasteiger partial charge in [-0.15, -0.1) is 0 Å². The van der Waals surface area contributed by atoms with E-state index in [1.165, 1.54) is 32.4 Å². The normalized spacial score (nSPS) is 36.5. The van der Waals surface area contributed by atoms with Crippen LogP contribution in [0.25, 0.3) is 0 Å². The summed E-state index contributed by atoms with van der Waals surface area (Å²) >= 11 is 0. The van der Waals surface area contributed by atoms with Crippen molar-refractivity contribution in [3.8, 4) is 0 Å². The van der Waals surface area contributed by atoms with Gasteiger partial charge in [0.15, 0.2) is 0 Å². The fourth-order valence-electron chi connectivity index (χ4n) is 3.54. The standard InChI is InChI=1S/C14H29N3O/c1-3-13-11-18-10-9-17(13)14(12-15)5-4-7-16(2)8-6-14/h13H,3-12,15H2,1-2H3. The van der Waals surface area contributed by atoms with Crippen molar-refractivity contribution in [3.05, 3.63) is 0 Å². The monoisotopic (exact) mass is 255 g/mol. The Morgan fingerprint density at radius 3 is 2.83 bits per heavy atom. The predicted octanol–water partition coefficient (Wildman–Crippen LogP) is 0.910. The molecular weight excluding hydrogens is 226 g/mol. The molecule has 2 unspecified atom stereocenters. The molecule has 2 aliphatic rings. The molecule has 2 heterocycles. The van der Waals surface area contributed by atoms with E-state index < -0.39 is 0 Å². The molecule has 2 fully saturated rings. The third-order valence-corrected chi connectivity index (χ3v) is 4.83. The van der Waals surface area contributed by atoms with Gasteiger partial charge in [0.2, 0.25) is 0 Å². The van der Waals surface area contributed by atoms with Gasteiger partial charge in [-0.2, -0.15) is 0 Å². The summed E-state index contributed by atoms with van der Waals surface area (Å²) in [5.41, 5.74) is 6.42. The van der Waals surface area contributed by atoms with Crippen LogP contribution in [0.1, 0.15) is 32.6 Å². The minimum Gasteiger partial charge on any atom is -0.378 e. The molecule has 0 bridgehead atoms. The van der Waals surface area contributed by atoms with Crippen LogP contribution in [0.4, 0.5) is 0 Å². The van der Waals surface area contributed by atoms with E-state index in [1.54, 1.807) is 0 Å². The number of likely N-dealkylation sites (tertiary alicyclic amines) is 1. The number of ether oxygens (including phenoxy) is 1. The Labute approximate surface area is 111 Å². The van der Waals surface area contributed by atoms with Gasteiger partial charge in [-0.1, -0.05) is 6.92 Å². The number of hydrogen-bond donors (Lipinski definition) is 1. The van der Waals surface area contributed by atoms with Crippen molar-refractivity contribution in [2.45, 2.75) is 44.2 Å². The number of nitrogens with two attached hydrogens (primary N) is 1. The SMILES string of the molecule is CCC1COCCN1C1(CN)CCCN(C)CC1. The molecule has 4 heteroatoms. The van der Waals surface area contributed by atoms with Crippen LogP contribution < -0.4 is 5.73 Å². The molecule has 0 radical (unpaired) electrons. The Kier molecular flexibility index (Phi) is 5.01. The van der Waals surface area contributed by atoms with Gasteiger partial charge in [-0.25, -0.2) is 0 Å².